The molecule has 0 fully saturated rings. The van der Waals surface area contributed by atoms with Gasteiger partial charge >= 0.3 is 5.97 Å². The molecule has 1 N–H and O–H groups in total. The Bertz CT molecular complexity index is 834. The first-order chi connectivity index (χ1) is 12.2. The van der Waals surface area contributed by atoms with Crippen molar-refractivity contribution in [1.82, 2.24) is 0 Å². The Hall–Kier alpha value is -2.04. The highest BCUT2D eigenvalue weighted by Crippen LogP contribution is 2.28. The average Bonchev–Trinajstić information content (AvgIpc) is 2.58. The molecule has 26 heavy (non-hydrogen) atoms. The molecule has 138 valence electrons. The van der Waals surface area contributed by atoms with Gasteiger partial charge in [0.2, 0.25) is 0 Å². The first-order valence-corrected chi connectivity index (χ1v) is 9.02. The van der Waals surface area contributed by atoms with Crippen LogP contribution in [0.4, 0.5) is 5.69 Å². The van der Waals surface area contributed by atoms with Crippen LogP contribution in [0.25, 0.3) is 0 Å². The van der Waals surface area contributed by atoms with Crippen molar-refractivity contribution in [3.8, 4) is 0 Å². The van der Waals surface area contributed by atoms with Crippen LogP contribution in [0.1, 0.15) is 48.2 Å². The van der Waals surface area contributed by atoms with Gasteiger partial charge in [0.05, 0.1) is 15.6 Å². The summed E-state index contributed by atoms with van der Waals surface area (Å²) >= 11 is 11.7. The van der Waals surface area contributed by atoms with E-state index in [4.69, 9.17) is 27.9 Å². The van der Waals surface area contributed by atoms with Crippen LogP contribution in [0.15, 0.2) is 36.4 Å². The van der Waals surface area contributed by atoms with Gasteiger partial charge in [-0.05, 0) is 49.1 Å². The van der Waals surface area contributed by atoms with Crippen LogP contribution in [0, 0.1) is 6.92 Å². The number of anilines is 1. The van der Waals surface area contributed by atoms with E-state index in [1.807, 2.05) is 25.1 Å². The van der Waals surface area contributed by atoms with Crippen molar-refractivity contribution < 1.29 is 14.3 Å². The number of para-hydroxylation sites is 1. The standard InChI is InChI=1S/C20H21Cl2NO3/c1-11(2)15-7-5-6-12(3)18(15)23-19(24)13(4)26-20(25)14-8-9-16(21)17(22)10-14/h5-11,13H,1-4H3,(H,23,24)/t13-/m1/s1. The summed E-state index contributed by atoms with van der Waals surface area (Å²) in [6.07, 6.45) is -0.962. The summed E-state index contributed by atoms with van der Waals surface area (Å²) in [6.45, 7) is 7.56. The van der Waals surface area contributed by atoms with Gasteiger partial charge in [-0.25, -0.2) is 4.79 Å². The summed E-state index contributed by atoms with van der Waals surface area (Å²) < 4.78 is 5.25. The second-order valence-corrected chi connectivity index (χ2v) is 7.17. The zero-order chi connectivity index (χ0) is 19.4. The smallest absolute Gasteiger partial charge is 0.338 e. The molecule has 2 rings (SSSR count). The molecular formula is C20H21Cl2NO3. The van der Waals surface area contributed by atoms with Crippen molar-refractivity contribution in [3.63, 3.8) is 0 Å². The zero-order valence-corrected chi connectivity index (χ0v) is 16.6. The second kappa shape index (κ2) is 8.56. The van der Waals surface area contributed by atoms with Crippen molar-refractivity contribution in [2.75, 3.05) is 5.32 Å². The predicted molar refractivity (Wildman–Crippen MR) is 105 cm³/mol. The Morgan fingerprint density at radius 2 is 1.73 bits per heavy atom. The Morgan fingerprint density at radius 1 is 1.04 bits per heavy atom. The van der Waals surface area contributed by atoms with Gasteiger partial charge in [-0.1, -0.05) is 55.2 Å². The number of benzene rings is 2. The fourth-order valence-electron chi connectivity index (χ4n) is 2.47. The molecule has 0 unspecified atom stereocenters. The molecule has 1 amide bonds. The molecule has 0 aliphatic carbocycles. The minimum Gasteiger partial charge on any atom is -0.449 e. The van der Waals surface area contributed by atoms with Gasteiger partial charge in [0.25, 0.3) is 5.91 Å². The summed E-state index contributed by atoms with van der Waals surface area (Å²) in [5, 5.41) is 3.47. The van der Waals surface area contributed by atoms with Crippen molar-refractivity contribution in [2.45, 2.75) is 39.7 Å². The third-order valence-electron chi connectivity index (χ3n) is 3.98. The Kier molecular flexibility index (Phi) is 6.68. The molecule has 2 aromatic carbocycles. The molecule has 0 heterocycles. The number of amides is 1. The van der Waals surface area contributed by atoms with Gasteiger partial charge in [0.15, 0.2) is 6.10 Å². The summed E-state index contributed by atoms with van der Waals surface area (Å²) in [4.78, 5) is 24.7. The maximum Gasteiger partial charge on any atom is 0.338 e. The molecule has 0 spiro atoms. The van der Waals surface area contributed by atoms with E-state index in [9.17, 15) is 9.59 Å². The second-order valence-electron chi connectivity index (χ2n) is 6.36. The molecule has 0 saturated carbocycles. The highest BCUT2D eigenvalue weighted by atomic mass is 35.5. The van der Waals surface area contributed by atoms with Gasteiger partial charge in [0.1, 0.15) is 0 Å². The predicted octanol–water partition coefficient (Wildman–Crippen LogP) is 5.61. The summed E-state index contributed by atoms with van der Waals surface area (Å²) in [6, 6.07) is 10.3. The minimum absolute atomic E-state index is 0.234. The van der Waals surface area contributed by atoms with E-state index in [0.29, 0.717) is 5.02 Å². The Morgan fingerprint density at radius 3 is 2.35 bits per heavy atom. The number of halogens is 2. The van der Waals surface area contributed by atoms with Crippen LogP contribution in [0.5, 0.6) is 0 Å². The van der Waals surface area contributed by atoms with Crippen molar-refractivity contribution in [3.05, 3.63) is 63.1 Å². The van der Waals surface area contributed by atoms with Gasteiger partial charge < -0.3 is 10.1 Å². The average molecular weight is 394 g/mol. The van der Waals surface area contributed by atoms with E-state index in [0.717, 1.165) is 16.8 Å². The van der Waals surface area contributed by atoms with E-state index in [1.54, 1.807) is 0 Å². The molecule has 0 aliphatic rings. The van der Waals surface area contributed by atoms with E-state index >= 15 is 0 Å². The summed E-state index contributed by atoms with van der Waals surface area (Å²) in [5.74, 6) is -0.783. The number of rotatable bonds is 5. The van der Waals surface area contributed by atoms with E-state index in [1.165, 1.54) is 25.1 Å². The van der Waals surface area contributed by atoms with E-state index in [2.05, 4.69) is 19.2 Å². The fourth-order valence-corrected chi connectivity index (χ4v) is 2.77. The quantitative estimate of drug-likeness (QED) is 0.671. The number of nitrogens with one attached hydrogen (secondary N) is 1. The van der Waals surface area contributed by atoms with Gasteiger partial charge in [-0.2, -0.15) is 0 Å². The van der Waals surface area contributed by atoms with E-state index in [-0.39, 0.29) is 16.5 Å². The molecule has 0 aliphatic heterocycles. The maximum atomic E-state index is 12.5. The number of aryl methyl sites for hydroxylation is 1. The van der Waals surface area contributed by atoms with Crippen LogP contribution in [0.2, 0.25) is 10.0 Å². The van der Waals surface area contributed by atoms with Gasteiger partial charge in [-0.3, -0.25) is 4.79 Å². The molecule has 0 bridgehead atoms. The third kappa shape index (κ3) is 4.77. The number of carbonyl (C=O) groups is 2. The lowest BCUT2D eigenvalue weighted by molar-refractivity contribution is -0.123. The summed E-state index contributed by atoms with van der Waals surface area (Å²) in [7, 11) is 0. The molecule has 2 aromatic rings. The van der Waals surface area contributed by atoms with E-state index < -0.39 is 18.0 Å². The Labute approximate surface area is 163 Å². The van der Waals surface area contributed by atoms with Crippen LogP contribution in [-0.2, 0) is 9.53 Å². The summed E-state index contributed by atoms with van der Waals surface area (Å²) in [5.41, 5.74) is 2.97. The van der Waals surface area contributed by atoms with Gasteiger partial charge in [-0.15, -0.1) is 0 Å². The molecule has 6 heteroatoms. The molecule has 0 saturated heterocycles. The van der Waals surface area contributed by atoms with Crippen molar-refractivity contribution in [2.24, 2.45) is 0 Å². The number of carbonyl (C=O) groups excluding carboxylic acids is 2. The molecule has 1 atom stereocenters. The SMILES string of the molecule is Cc1cccc(C(C)C)c1NC(=O)[C@@H](C)OC(=O)c1ccc(Cl)c(Cl)c1. The highest BCUT2D eigenvalue weighted by Gasteiger charge is 2.21. The zero-order valence-electron chi connectivity index (χ0n) is 15.1. The van der Waals surface area contributed by atoms with Crippen LogP contribution in [0.3, 0.4) is 0 Å². The lowest BCUT2D eigenvalue weighted by Gasteiger charge is -2.19. The third-order valence-corrected chi connectivity index (χ3v) is 4.72. The first-order valence-electron chi connectivity index (χ1n) is 8.27. The normalized spacial score (nSPS) is 12.0. The number of hydrogen-bond acceptors (Lipinski definition) is 3. The fraction of sp³-hybridized carbons (Fsp3) is 0.300. The molecule has 4 nitrogen and oxygen atoms in total. The van der Waals surface area contributed by atoms with Crippen LogP contribution < -0.4 is 5.32 Å². The maximum absolute atomic E-state index is 12.5. The molecular weight excluding hydrogens is 373 g/mol. The lowest BCUT2D eigenvalue weighted by atomic mass is 9.98. The largest absolute Gasteiger partial charge is 0.449 e. The lowest BCUT2D eigenvalue weighted by Crippen LogP contribution is -2.30. The monoisotopic (exact) mass is 393 g/mol. The highest BCUT2D eigenvalue weighted by molar-refractivity contribution is 6.42. The first kappa shape index (κ1) is 20.3. The van der Waals surface area contributed by atoms with Crippen LogP contribution in [-0.4, -0.2) is 18.0 Å². The number of hydrogen-bond donors (Lipinski definition) is 1. The van der Waals surface area contributed by atoms with Crippen molar-refractivity contribution >= 4 is 40.8 Å². The van der Waals surface area contributed by atoms with Gasteiger partial charge in [0, 0.05) is 5.69 Å². The number of ether oxygens (including phenoxy) is 1. The number of esters is 1. The van der Waals surface area contributed by atoms with Crippen molar-refractivity contribution in [1.29, 1.82) is 0 Å². The van der Waals surface area contributed by atoms with Crippen LogP contribution >= 0.6 is 23.2 Å². The Balaban J connectivity index is 2.11. The minimum atomic E-state index is -0.962. The molecule has 0 radical (unpaired) electrons. The molecule has 0 aromatic heterocycles. The topological polar surface area (TPSA) is 55.4 Å².